The fourth-order valence-corrected chi connectivity index (χ4v) is 2.89. The summed E-state index contributed by atoms with van der Waals surface area (Å²) >= 11 is 0. The van der Waals surface area contributed by atoms with Gasteiger partial charge in [-0.15, -0.1) is 0 Å². The first-order valence-corrected chi connectivity index (χ1v) is 10.6. The van der Waals surface area contributed by atoms with Gasteiger partial charge in [-0.05, 0) is 35.7 Å². The fraction of sp³-hybridized carbons (Fsp3) is 0.250. The zero-order valence-electron chi connectivity index (χ0n) is 19.1. The minimum absolute atomic E-state index is 0.187. The zero-order chi connectivity index (χ0) is 24.4. The average molecular weight is 453 g/mol. The number of H-pyrrole nitrogens is 1. The lowest BCUT2D eigenvalue weighted by Crippen LogP contribution is -2.12. The number of anilines is 1. The molecule has 1 aliphatic heterocycles. The van der Waals surface area contributed by atoms with Gasteiger partial charge in [0.2, 0.25) is 0 Å². The Morgan fingerprint density at radius 3 is 2.30 bits per heavy atom. The Hall–Kier alpha value is -4.06. The molecule has 33 heavy (non-hydrogen) atoms. The number of hydrogen-bond acceptors (Lipinski definition) is 5. The number of nitrogens with zero attached hydrogens (tertiary/aromatic N) is 4. The van der Waals surface area contributed by atoms with E-state index in [0.717, 1.165) is 11.6 Å². The summed E-state index contributed by atoms with van der Waals surface area (Å²) < 4.78 is 28.5. The van der Waals surface area contributed by atoms with E-state index < -0.39 is 17.4 Å². The molecular weight excluding hydrogens is 426 g/mol. The van der Waals surface area contributed by atoms with Crippen LogP contribution in [0.5, 0.6) is 0 Å². The van der Waals surface area contributed by atoms with Gasteiger partial charge < -0.3 is 5.32 Å². The maximum Gasteiger partial charge on any atom is 0.272 e. The first-order valence-electron chi connectivity index (χ1n) is 10.6. The highest BCUT2D eigenvalue weighted by Crippen LogP contribution is 2.30. The number of halogens is 2. The van der Waals surface area contributed by atoms with Crippen LogP contribution in [0.1, 0.15) is 45.0 Å². The summed E-state index contributed by atoms with van der Waals surface area (Å²) in [6.07, 6.45) is 3.14. The number of benzene rings is 2. The van der Waals surface area contributed by atoms with Crippen LogP contribution in [0.15, 0.2) is 53.8 Å². The van der Waals surface area contributed by atoms with Crippen molar-refractivity contribution in [3.8, 4) is 11.8 Å². The molecule has 2 N–H and O–H groups in total. The Bertz CT molecular complexity index is 1290. The molecule has 0 fully saturated rings. The molecule has 2 aromatic carbocycles. The van der Waals surface area contributed by atoms with Crippen LogP contribution >= 0.6 is 0 Å². The van der Waals surface area contributed by atoms with Crippen LogP contribution in [0.4, 0.5) is 14.5 Å². The van der Waals surface area contributed by atoms with Gasteiger partial charge in [0.15, 0.2) is 0 Å². The zero-order valence-corrected chi connectivity index (χ0v) is 19.1. The third kappa shape index (κ3) is 6.23. The minimum atomic E-state index is -0.539. The smallest absolute Gasteiger partial charge is 0.272 e. The molecule has 1 aliphatic rings. The molecule has 0 spiro atoms. The van der Waals surface area contributed by atoms with E-state index in [0.29, 0.717) is 16.8 Å². The summed E-state index contributed by atoms with van der Waals surface area (Å²) in [6.45, 7) is 8.00. The molecule has 0 saturated carbocycles. The van der Waals surface area contributed by atoms with E-state index in [1.54, 1.807) is 23.1 Å². The summed E-state index contributed by atoms with van der Waals surface area (Å²) in [7, 11) is 1.83. The fourth-order valence-electron chi connectivity index (χ4n) is 2.89. The molecule has 9 heteroatoms. The van der Waals surface area contributed by atoms with Crippen molar-refractivity contribution in [1.82, 2.24) is 25.0 Å². The van der Waals surface area contributed by atoms with Crippen molar-refractivity contribution in [1.29, 1.82) is 0 Å². The summed E-state index contributed by atoms with van der Waals surface area (Å²) in [5.74, 6) is 4.97. The molecule has 0 unspecified atom stereocenters. The Morgan fingerprint density at radius 2 is 1.73 bits per heavy atom. The van der Waals surface area contributed by atoms with Crippen LogP contribution < -0.4 is 10.9 Å². The Balaban J connectivity index is 0.000000327. The second-order valence-electron chi connectivity index (χ2n) is 6.24. The Kier molecular flexibility index (Phi) is 9.24. The molecule has 0 amide bonds. The van der Waals surface area contributed by atoms with Crippen molar-refractivity contribution in [2.24, 2.45) is 7.05 Å². The van der Waals surface area contributed by atoms with E-state index >= 15 is 0 Å². The molecular formula is C24H26F2N6O. The number of aromatic amines is 1. The van der Waals surface area contributed by atoms with Crippen LogP contribution in [0, 0.1) is 23.5 Å². The number of aryl methyl sites for hydroxylation is 1. The van der Waals surface area contributed by atoms with Gasteiger partial charge in [-0.2, -0.15) is 10.2 Å². The summed E-state index contributed by atoms with van der Waals surface area (Å²) in [4.78, 5) is 15.5. The van der Waals surface area contributed by atoms with Crippen molar-refractivity contribution in [2.45, 2.75) is 33.7 Å². The van der Waals surface area contributed by atoms with Crippen molar-refractivity contribution >= 4 is 16.5 Å². The molecule has 0 saturated heterocycles. The highest BCUT2D eigenvalue weighted by Gasteiger charge is 2.18. The maximum atomic E-state index is 13.8. The highest BCUT2D eigenvalue weighted by atomic mass is 19.1. The molecule has 172 valence electrons. The molecule has 3 heterocycles. The molecule has 0 aliphatic carbocycles. The molecule has 4 aromatic rings. The van der Waals surface area contributed by atoms with E-state index in [4.69, 9.17) is 0 Å². The largest absolute Gasteiger partial charge is 0.367 e. The lowest BCUT2D eigenvalue weighted by atomic mass is 10.1. The molecule has 0 bridgehead atoms. The van der Waals surface area contributed by atoms with Gasteiger partial charge in [0, 0.05) is 18.1 Å². The molecule has 1 atom stereocenters. The van der Waals surface area contributed by atoms with Gasteiger partial charge in [-0.1, -0.05) is 45.7 Å². The van der Waals surface area contributed by atoms with Gasteiger partial charge in [0.25, 0.3) is 5.56 Å². The normalized spacial score (nSPS) is 12.8. The maximum absolute atomic E-state index is 13.8. The standard InChI is InChI=1S/C17H9F2N3O.C3H5N3.2C2H6/c18-10-3-1-9(2-4-10)13-5-6-14-16-12(17(23)22-21-14)7-11(19)8-15(16)20-13;1-6-3-4-2-5-6;2*1-2/h1-4,7-8,13,20H,(H,22,23);2-3H,1H3;2*1-2H3/t13-;;;/m0.../s1. The van der Waals surface area contributed by atoms with Gasteiger partial charge >= 0.3 is 0 Å². The first kappa shape index (κ1) is 25.2. The van der Waals surface area contributed by atoms with Crippen LogP contribution in [0.3, 0.4) is 0 Å². The minimum Gasteiger partial charge on any atom is -0.367 e. The SMILES string of the molecule is CC.CC.Cn1cncn1.O=c1[nH]nc2c3c(cc(F)cc13)N[C@H](c1ccc(F)cc1)C#C2. The summed E-state index contributed by atoms with van der Waals surface area (Å²) in [6, 6.07) is 7.85. The number of hydrogen-bond donors (Lipinski definition) is 2. The highest BCUT2D eigenvalue weighted by molar-refractivity contribution is 5.97. The van der Waals surface area contributed by atoms with E-state index in [2.05, 4.69) is 37.4 Å². The first-order chi connectivity index (χ1) is 16.0. The van der Waals surface area contributed by atoms with Gasteiger partial charge in [-0.25, -0.2) is 18.9 Å². The van der Waals surface area contributed by atoms with E-state index in [9.17, 15) is 13.6 Å². The van der Waals surface area contributed by atoms with E-state index in [-0.39, 0.29) is 11.2 Å². The van der Waals surface area contributed by atoms with E-state index in [1.165, 1.54) is 24.5 Å². The van der Waals surface area contributed by atoms with Crippen LogP contribution in [-0.4, -0.2) is 25.0 Å². The second-order valence-corrected chi connectivity index (χ2v) is 6.24. The van der Waals surface area contributed by atoms with Gasteiger partial charge in [-0.3, -0.25) is 9.48 Å². The van der Waals surface area contributed by atoms with Crippen molar-refractivity contribution in [3.63, 3.8) is 0 Å². The lowest BCUT2D eigenvalue weighted by Gasteiger charge is -2.15. The molecule has 5 rings (SSSR count). The monoisotopic (exact) mass is 452 g/mol. The number of aromatic nitrogens is 5. The Morgan fingerprint density at radius 1 is 1.03 bits per heavy atom. The number of nitrogens with one attached hydrogen (secondary N) is 2. The topological polar surface area (TPSA) is 88.5 Å². The molecule has 7 nitrogen and oxygen atoms in total. The molecule has 0 radical (unpaired) electrons. The molecule has 2 aromatic heterocycles. The second kappa shape index (κ2) is 12.1. The predicted molar refractivity (Wildman–Crippen MR) is 126 cm³/mol. The third-order valence-electron chi connectivity index (χ3n) is 4.23. The predicted octanol–water partition coefficient (Wildman–Crippen LogP) is 4.59. The van der Waals surface area contributed by atoms with Gasteiger partial charge in [0.1, 0.15) is 36.0 Å². The number of rotatable bonds is 1. The summed E-state index contributed by atoms with van der Waals surface area (Å²) in [5, 5.41) is 13.7. The van der Waals surface area contributed by atoms with Crippen molar-refractivity contribution in [3.05, 3.63) is 82.3 Å². The van der Waals surface area contributed by atoms with Crippen molar-refractivity contribution in [2.75, 3.05) is 5.32 Å². The van der Waals surface area contributed by atoms with Gasteiger partial charge in [0.05, 0.1) is 5.39 Å². The van der Waals surface area contributed by atoms with E-state index in [1.807, 2.05) is 34.7 Å². The Labute approximate surface area is 190 Å². The quantitative estimate of drug-likeness (QED) is 0.413. The van der Waals surface area contributed by atoms with Crippen molar-refractivity contribution < 1.29 is 8.78 Å². The third-order valence-corrected chi connectivity index (χ3v) is 4.23. The van der Waals surface area contributed by atoms with Crippen LogP contribution in [0.25, 0.3) is 10.8 Å². The van der Waals surface area contributed by atoms with Crippen LogP contribution in [-0.2, 0) is 7.05 Å². The average Bonchev–Trinajstić information content (AvgIpc) is 3.24. The van der Waals surface area contributed by atoms with Crippen LogP contribution in [0.2, 0.25) is 0 Å². The summed E-state index contributed by atoms with van der Waals surface area (Å²) in [5.41, 5.74) is 1.04. The lowest BCUT2D eigenvalue weighted by molar-refractivity contribution is 0.627.